The van der Waals surface area contributed by atoms with E-state index in [0.29, 0.717) is 18.5 Å². The summed E-state index contributed by atoms with van der Waals surface area (Å²) in [5.74, 6) is -2.38. The van der Waals surface area contributed by atoms with E-state index in [9.17, 15) is 18.4 Å². The average molecular weight is 462 g/mol. The van der Waals surface area contributed by atoms with Gasteiger partial charge >= 0.3 is 5.97 Å². The molecule has 0 unspecified atom stereocenters. The fourth-order valence-electron chi connectivity index (χ4n) is 4.13. The minimum absolute atomic E-state index is 0.0866. The van der Waals surface area contributed by atoms with E-state index >= 15 is 0 Å². The van der Waals surface area contributed by atoms with Gasteiger partial charge in [0.2, 0.25) is 0 Å². The molecule has 1 saturated heterocycles. The molecule has 0 spiro atoms. The molecule has 9 heteroatoms. The fourth-order valence-corrected chi connectivity index (χ4v) is 4.13. The third-order valence-corrected chi connectivity index (χ3v) is 6.02. The van der Waals surface area contributed by atoms with Gasteiger partial charge in [0, 0.05) is 23.4 Å². The molecule has 0 radical (unpaired) electrons. The third-order valence-electron chi connectivity index (χ3n) is 6.02. The van der Waals surface area contributed by atoms with Crippen molar-refractivity contribution in [1.29, 1.82) is 0 Å². The molecule has 0 saturated carbocycles. The number of ketones is 1. The number of hydrogen-bond donors (Lipinski definition) is 0. The summed E-state index contributed by atoms with van der Waals surface area (Å²) in [6.07, 6.45) is 1.00. The molecule has 1 fully saturated rings. The molecule has 33 heavy (non-hydrogen) atoms. The number of esters is 1. The van der Waals surface area contributed by atoms with Gasteiger partial charge in [0.05, 0.1) is 31.6 Å². The van der Waals surface area contributed by atoms with Crippen molar-refractivity contribution in [3.63, 3.8) is 0 Å². The summed E-state index contributed by atoms with van der Waals surface area (Å²) in [7, 11) is 1.23. The van der Waals surface area contributed by atoms with Crippen molar-refractivity contribution in [2.45, 2.75) is 59.3 Å². The van der Waals surface area contributed by atoms with Crippen LogP contribution in [0.1, 0.15) is 45.4 Å². The third kappa shape index (κ3) is 4.88. The zero-order chi connectivity index (χ0) is 24.6. The van der Waals surface area contributed by atoms with Crippen LogP contribution in [0, 0.1) is 22.5 Å². The number of hydrogen-bond acceptors (Lipinski definition) is 6. The highest BCUT2D eigenvalue weighted by Crippen LogP contribution is 2.43. The van der Waals surface area contributed by atoms with E-state index in [4.69, 9.17) is 9.47 Å². The first-order chi connectivity index (χ1) is 15.4. The predicted molar refractivity (Wildman–Crippen MR) is 116 cm³/mol. The molecule has 1 aromatic carbocycles. The van der Waals surface area contributed by atoms with Crippen molar-refractivity contribution in [2.24, 2.45) is 10.8 Å². The standard InChI is InChI=1S/C24H29F2N3O4/c1-14-20(30)24(5,22(31)32-6)19(33-21(14)23(2,3)4)10-9-17-13-29(28-27-17)12-15-7-8-16(25)11-18(15)26/h7-8,11,13,19,21H,1,9-10,12H2,2-6H3/t19-,21-,24-/m1/s1. The highest BCUT2D eigenvalue weighted by molar-refractivity contribution is 6.13. The van der Waals surface area contributed by atoms with Gasteiger partial charge in [0.25, 0.3) is 0 Å². The molecule has 7 nitrogen and oxygen atoms in total. The van der Waals surface area contributed by atoms with Crippen LogP contribution < -0.4 is 0 Å². The molecular weight excluding hydrogens is 432 g/mol. The Morgan fingerprint density at radius 1 is 1.33 bits per heavy atom. The highest BCUT2D eigenvalue weighted by atomic mass is 19.1. The number of carbonyl (C=O) groups is 2. The Morgan fingerprint density at radius 3 is 2.64 bits per heavy atom. The second-order valence-electron chi connectivity index (χ2n) is 9.60. The number of nitrogens with zero attached hydrogens (tertiary/aromatic N) is 3. The summed E-state index contributed by atoms with van der Waals surface area (Å²) in [6, 6.07) is 3.35. The molecule has 178 valence electrons. The molecule has 1 aliphatic heterocycles. The number of rotatable bonds is 6. The van der Waals surface area contributed by atoms with Gasteiger partial charge in [0.1, 0.15) is 11.6 Å². The fraction of sp³-hybridized carbons (Fsp3) is 0.500. The summed E-state index contributed by atoms with van der Waals surface area (Å²) < 4.78 is 39.7. The molecular formula is C24H29F2N3O4. The Kier molecular flexibility index (Phi) is 6.83. The Balaban J connectivity index is 1.78. The van der Waals surface area contributed by atoms with Crippen LogP contribution in [-0.4, -0.2) is 46.1 Å². The van der Waals surface area contributed by atoms with E-state index in [1.807, 2.05) is 20.8 Å². The Hall–Kier alpha value is -2.94. The number of methoxy groups -OCH3 is 1. The van der Waals surface area contributed by atoms with E-state index < -0.39 is 40.6 Å². The van der Waals surface area contributed by atoms with Crippen molar-refractivity contribution in [2.75, 3.05) is 7.11 Å². The van der Waals surface area contributed by atoms with Crippen molar-refractivity contribution in [1.82, 2.24) is 15.0 Å². The number of benzene rings is 1. The quantitative estimate of drug-likeness (QED) is 0.371. The first kappa shape index (κ1) is 24.7. The lowest BCUT2D eigenvalue weighted by Crippen LogP contribution is -2.57. The number of aryl methyl sites for hydroxylation is 1. The zero-order valence-electron chi connectivity index (χ0n) is 19.5. The van der Waals surface area contributed by atoms with E-state index in [-0.39, 0.29) is 23.5 Å². The van der Waals surface area contributed by atoms with E-state index in [2.05, 4.69) is 16.9 Å². The lowest BCUT2D eigenvalue weighted by molar-refractivity contribution is -0.181. The summed E-state index contributed by atoms with van der Waals surface area (Å²) in [4.78, 5) is 25.8. The first-order valence-electron chi connectivity index (χ1n) is 10.7. The number of aromatic nitrogens is 3. The maximum Gasteiger partial charge on any atom is 0.322 e. The van der Waals surface area contributed by atoms with Crippen LogP contribution in [0.2, 0.25) is 0 Å². The summed E-state index contributed by atoms with van der Waals surface area (Å²) in [5, 5.41) is 8.10. The molecule has 1 aliphatic rings. The molecule has 0 aliphatic carbocycles. The van der Waals surface area contributed by atoms with Gasteiger partial charge in [-0.05, 0) is 31.2 Å². The van der Waals surface area contributed by atoms with Crippen molar-refractivity contribution in [3.8, 4) is 0 Å². The van der Waals surface area contributed by atoms with Gasteiger partial charge in [-0.15, -0.1) is 5.10 Å². The molecule has 3 atom stereocenters. The molecule has 0 amide bonds. The smallest absolute Gasteiger partial charge is 0.322 e. The molecule has 3 rings (SSSR count). The van der Waals surface area contributed by atoms with E-state index in [0.717, 1.165) is 6.07 Å². The number of Topliss-reactive ketones (excluding diaryl/α,β-unsaturated/α-hetero) is 1. The summed E-state index contributed by atoms with van der Waals surface area (Å²) >= 11 is 0. The van der Waals surface area contributed by atoms with Crippen molar-refractivity contribution < 1.29 is 27.8 Å². The van der Waals surface area contributed by atoms with Crippen LogP contribution in [0.4, 0.5) is 8.78 Å². The van der Waals surface area contributed by atoms with Crippen LogP contribution in [0.15, 0.2) is 36.5 Å². The second kappa shape index (κ2) is 9.13. The SMILES string of the molecule is C=C1C(=O)[C@](C)(C(=O)OC)[C@@H](CCc2cn(Cc3ccc(F)cc3F)nn2)O[C@H]1C(C)(C)C. The summed E-state index contributed by atoms with van der Waals surface area (Å²) in [6.45, 7) is 11.3. The minimum atomic E-state index is -1.53. The molecule has 0 bridgehead atoms. The zero-order valence-corrected chi connectivity index (χ0v) is 19.5. The monoisotopic (exact) mass is 461 g/mol. The lowest BCUT2D eigenvalue weighted by Gasteiger charge is -2.46. The Labute approximate surface area is 191 Å². The van der Waals surface area contributed by atoms with Crippen molar-refractivity contribution >= 4 is 11.8 Å². The van der Waals surface area contributed by atoms with E-state index in [1.165, 1.54) is 30.8 Å². The maximum absolute atomic E-state index is 13.9. The van der Waals surface area contributed by atoms with Crippen LogP contribution in [0.5, 0.6) is 0 Å². The first-order valence-corrected chi connectivity index (χ1v) is 10.7. The van der Waals surface area contributed by atoms with Gasteiger partial charge in [0.15, 0.2) is 11.2 Å². The number of ether oxygens (including phenoxy) is 2. The van der Waals surface area contributed by atoms with Crippen molar-refractivity contribution in [3.05, 3.63) is 59.4 Å². The largest absolute Gasteiger partial charge is 0.468 e. The van der Waals surface area contributed by atoms with Crippen LogP contribution in [0.3, 0.4) is 0 Å². The van der Waals surface area contributed by atoms with Crippen LogP contribution in [-0.2, 0) is 32.0 Å². The molecule has 2 aromatic rings. The van der Waals surface area contributed by atoms with Gasteiger partial charge in [-0.2, -0.15) is 0 Å². The summed E-state index contributed by atoms with van der Waals surface area (Å²) in [5.41, 5.74) is -0.818. The normalized spacial score (nSPS) is 23.6. The highest BCUT2D eigenvalue weighted by Gasteiger charge is 2.57. The Morgan fingerprint density at radius 2 is 2.03 bits per heavy atom. The lowest BCUT2D eigenvalue weighted by atomic mass is 9.69. The van der Waals surface area contributed by atoms with E-state index in [1.54, 1.807) is 6.20 Å². The van der Waals surface area contributed by atoms with Crippen LogP contribution in [0.25, 0.3) is 0 Å². The van der Waals surface area contributed by atoms with Gasteiger partial charge in [-0.3, -0.25) is 9.59 Å². The minimum Gasteiger partial charge on any atom is -0.468 e. The molecule has 0 N–H and O–H groups in total. The van der Waals surface area contributed by atoms with Gasteiger partial charge in [-0.1, -0.05) is 38.6 Å². The number of carbonyl (C=O) groups excluding carboxylic acids is 2. The number of halogens is 2. The van der Waals surface area contributed by atoms with Gasteiger partial charge in [-0.25, -0.2) is 13.5 Å². The predicted octanol–water partition coefficient (Wildman–Crippen LogP) is 3.66. The maximum atomic E-state index is 13.9. The topological polar surface area (TPSA) is 83.3 Å². The average Bonchev–Trinajstić information content (AvgIpc) is 3.19. The molecule has 2 heterocycles. The molecule has 1 aromatic heterocycles. The van der Waals surface area contributed by atoms with Crippen LogP contribution >= 0.6 is 0 Å². The van der Waals surface area contributed by atoms with Gasteiger partial charge < -0.3 is 9.47 Å². The second-order valence-corrected chi connectivity index (χ2v) is 9.60. The Bertz CT molecular complexity index is 1080.